The molecule has 0 atom stereocenters. The van der Waals surface area contributed by atoms with Gasteiger partial charge in [-0.15, -0.1) is 0 Å². The summed E-state index contributed by atoms with van der Waals surface area (Å²) in [5, 5.41) is 15.2. The third-order valence-corrected chi connectivity index (χ3v) is 3.62. The smallest absolute Gasteiger partial charge is 0.319 e. The van der Waals surface area contributed by atoms with Crippen LogP contribution >= 0.6 is 0 Å². The van der Waals surface area contributed by atoms with E-state index in [-0.39, 0.29) is 17.5 Å². The van der Waals surface area contributed by atoms with Gasteiger partial charge in [0, 0.05) is 17.0 Å². The molecule has 0 heterocycles. The molecule has 0 aromatic heterocycles. The minimum Gasteiger partial charge on any atom is -0.336 e. The zero-order valence-corrected chi connectivity index (χ0v) is 12.9. The molecule has 0 spiro atoms. The van der Waals surface area contributed by atoms with Crippen molar-refractivity contribution in [2.45, 2.75) is 40.2 Å². The van der Waals surface area contributed by atoms with Crippen molar-refractivity contribution in [2.24, 2.45) is 5.41 Å². The van der Waals surface area contributed by atoms with E-state index in [2.05, 4.69) is 16.7 Å². The number of benzene rings is 1. The van der Waals surface area contributed by atoms with Gasteiger partial charge in [-0.3, -0.25) is 0 Å². The van der Waals surface area contributed by atoms with Gasteiger partial charge < -0.3 is 10.6 Å². The summed E-state index contributed by atoms with van der Waals surface area (Å²) in [5.74, 6) is 0. The van der Waals surface area contributed by atoms with Crippen LogP contribution in [0.1, 0.15) is 38.8 Å². The molecule has 0 fully saturated rings. The van der Waals surface area contributed by atoms with Crippen LogP contribution in [0.2, 0.25) is 0 Å². The standard InChI is InChI=1S/C17H21N3O/c1-11(2)19-16(21)20-15-13-8-6-5-7-12(13)9-17(3,4)14(15)10-18/h5-8,11H,9H2,1-4H3,(H2,19,20,21). The van der Waals surface area contributed by atoms with Crippen LogP contribution in [0.4, 0.5) is 4.79 Å². The lowest BCUT2D eigenvalue weighted by Gasteiger charge is -2.33. The summed E-state index contributed by atoms with van der Waals surface area (Å²) >= 11 is 0. The number of rotatable bonds is 2. The monoisotopic (exact) mass is 283 g/mol. The van der Waals surface area contributed by atoms with Crippen molar-refractivity contribution in [3.05, 3.63) is 41.0 Å². The molecule has 0 saturated heterocycles. The van der Waals surface area contributed by atoms with Crippen molar-refractivity contribution in [3.63, 3.8) is 0 Å². The first kappa shape index (κ1) is 15.1. The minimum atomic E-state index is -0.288. The van der Waals surface area contributed by atoms with Gasteiger partial charge in [0.1, 0.15) is 0 Å². The quantitative estimate of drug-likeness (QED) is 0.875. The van der Waals surface area contributed by atoms with Gasteiger partial charge in [-0.1, -0.05) is 38.1 Å². The lowest BCUT2D eigenvalue weighted by molar-refractivity contribution is 0.242. The molecular formula is C17H21N3O. The van der Waals surface area contributed by atoms with E-state index in [1.807, 2.05) is 52.0 Å². The number of carbonyl (C=O) groups excluding carboxylic acids is 1. The molecule has 2 N–H and O–H groups in total. The molecule has 110 valence electrons. The summed E-state index contributed by atoms with van der Waals surface area (Å²) in [5.41, 5.74) is 3.06. The number of nitrogens with one attached hydrogen (secondary N) is 2. The van der Waals surface area contributed by atoms with Crippen molar-refractivity contribution < 1.29 is 4.79 Å². The van der Waals surface area contributed by atoms with Crippen molar-refractivity contribution in [3.8, 4) is 6.07 Å². The molecule has 4 heteroatoms. The summed E-state index contributed by atoms with van der Waals surface area (Å²) in [6.07, 6.45) is 0.795. The number of urea groups is 1. The maximum atomic E-state index is 12.0. The maximum absolute atomic E-state index is 12.0. The highest BCUT2D eigenvalue weighted by Gasteiger charge is 2.34. The van der Waals surface area contributed by atoms with E-state index in [4.69, 9.17) is 0 Å². The molecule has 21 heavy (non-hydrogen) atoms. The normalized spacial score (nSPS) is 16.2. The number of carbonyl (C=O) groups is 1. The predicted molar refractivity (Wildman–Crippen MR) is 83.3 cm³/mol. The number of nitriles is 1. The summed E-state index contributed by atoms with van der Waals surface area (Å²) in [7, 11) is 0. The first-order valence-electron chi connectivity index (χ1n) is 7.16. The minimum absolute atomic E-state index is 0.0444. The van der Waals surface area contributed by atoms with E-state index < -0.39 is 0 Å². The molecule has 2 rings (SSSR count). The van der Waals surface area contributed by atoms with Gasteiger partial charge >= 0.3 is 6.03 Å². The number of nitrogens with zero attached hydrogens (tertiary/aromatic N) is 1. The summed E-state index contributed by atoms with van der Waals surface area (Å²) in [4.78, 5) is 12.0. The van der Waals surface area contributed by atoms with Crippen LogP contribution in [0.15, 0.2) is 29.8 Å². The topological polar surface area (TPSA) is 64.9 Å². The molecule has 0 bridgehead atoms. The van der Waals surface area contributed by atoms with Gasteiger partial charge in [-0.2, -0.15) is 5.26 Å². The number of fused-ring (bicyclic) bond motifs is 1. The number of amides is 2. The van der Waals surface area contributed by atoms with E-state index in [1.54, 1.807) is 0 Å². The fourth-order valence-corrected chi connectivity index (χ4v) is 2.70. The molecule has 0 radical (unpaired) electrons. The van der Waals surface area contributed by atoms with Gasteiger partial charge in [-0.25, -0.2) is 4.79 Å². The van der Waals surface area contributed by atoms with Crippen LogP contribution in [0.3, 0.4) is 0 Å². The Morgan fingerprint density at radius 3 is 2.62 bits per heavy atom. The molecular weight excluding hydrogens is 262 g/mol. The maximum Gasteiger partial charge on any atom is 0.319 e. The molecule has 2 amide bonds. The first-order valence-corrected chi connectivity index (χ1v) is 7.16. The van der Waals surface area contributed by atoms with E-state index >= 15 is 0 Å². The van der Waals surface area contributed by atoms with Gasteiger partial charge in [0.25, 0.3) is 0 Å². The molecule has 1 aliphatic carbocycles. The average Bonchev–Trinajstić information content (AvgIpc) is 2.36. The third-order valence-electron chi connectivity index (χ3n) is 3.62. The average molecular weight is 283 g/mol. The number of hydrogen-bond donors (Lipinski definition) is 2. The van der Waals surface area contributed by atoms with Crippen molar-refractivity contribution in [1.29, 1.82) is 5.26 Å². The second kappa shape index (κ2) is 5.61. The lowest BCUT2D eigenvalue weighted by atomic mass is 9.72. The highest BCUT2D eigenvalue weighted by molar-refractivity contribution is 5.89. The SMILES string of the molecule is CC(C)NC(=O)NC1=C(C#N)C(C)(C)Cc2ccccc21. The Labute approximate surface area is 125 Å². The van der Waals surface area contributed by atoms with Crippen LogP contribution < -0.4 is 10.6 Å². The van der Waals surface area contributed by atoms with Crippen molar-refractivity contribution in [2.75, 3.05) is 0 Å². The lowest BCUT2D eigenvalue weighted by Crippen LogP contribution is -2.40. The highest BCUT2D eigenvalue weighted by Crippen LogP contribution is 2.41. The fourth-order valence-electron chi connectivity index (χ4n) is 2.70. The van der Waals surface area contributed by atoms with Crippen LogP contribution in [-0.2, 0) is 6.42 Å². The summed E-state index contributed by atoms with van der Waals surface area (Å²) in [6, 6.07) is 9.96. The number of allylic oxidation sites excluding steroid dienone is 1. The largest absolute Gasteiger partial charge is 0.336 e. The second-order valence-electron chi connectivity index (χ2n) is 6.33. The predicted octanol–water partition coefficient (Wildman–Crippen LogP) is 3.21. The Morgan fingerprint density at radius 2 is 2.00 bits per heavy atom. The highest BCUT2D eigenvalue weighted by atomic mass is 16.2. The van der Waals surface area contributed by atoms with E-state index in [1.165, 1.54) is 0 Å². The zero-order chi connectivity index (χ0) is 15.6. The Hall–Kier alpha value is -2.28. The third kappa shape index (κ3) is 3.08. The Kier molecular flexibility index (Phi) is 4.04. The zero-order valence-electron chi connectivity index (χ0n) is 12.9. The summed E-state index contributed by atoms with van der Waals surface area (Å²) < 4.78 is 0. The van der Waals surface area contributed by atoms with Gasteiger partial charge in [0.05, 0.1) is 17.3 Å². The summed E-state index contributed by atoms with van der Waals surface area (Å²) in [6.45, 7) is 7.86. The molecule has 0 aliphatic heterocycles. The number of hydrogen-bond acceptors (Lipinski definition) is 2. The van der Waals surface area contributed by atoms with Gasteiger partial charge in [0.2, 0.25) is 0 Å². The van der Waals surface area contributed by atoms with Gasteiger partial charge in [0.15, 0.2) is 0 Å². The van der Waals surface area contributed by atoms with Crippen molar-refractivity contribution >= 4 is 11.7 Å². The van der Waals surface area contributed by atoms with Gasteiger partial charge in [-0.05, 0) is 25.8 Å². The van der Waals surface area contributed by atoms with E-state index in [0.717, 1.165) is 17.5 Å². The molecule has 4 nitrogen and oxygen atoms in total. The van der Waals surface area contributed by atoms with E-state index in [0.29, 0.717) is 11.3 Å². The van der Waals surface area contributed by atoms with E-state index in [9.17, 15) is 10.1 Å². The Bertz CT molecular complexity index is 636. The molecule has 1 aromatic rings. The van der Waals surface area contributed by atoms with Crippen LogP contribution in [-0.4, -0.2) is 12.1 Å². The van der Waals surface area contributed by atoms with Crippen molar-refractivity contribution in [1.82, 2.24) is 10.6 Å². The Morgan fingerprint density at radius 1 is 1.33 bits per heavy atom. The molecule has 1 aromatic carbocycles. The van der Waals surface area contributed by atoms with Crippen LogP contribution in [0.5, 0.6) is 0 Å². The molecule has 1 aliphatic rings. The fraction of sp³-hybridized carbons (Fsp3) is 0.412. The van der Waals surface area contributed by atoms with Crippen LogP contribution in [0.25, 0.3) is 5.70 Å². The first-order chi connectivity index (χ1) is 9.85. The molecule has 0 unspecified atom stereocenters. The van der Waals surface area contributed by atoms with Crippen LogP contribution in [0, 0.1) is 16.7 Å². The molecule has 0 saturated carbocycles. The Balaban J connectivity index is 2.48. The second-order valence-corrected chi connectivity index (χ2v) is 6.33.